The molecule has 9 rings (SSSR count). The molecule has 13 nitrogen and oxygen atoms in total. The Morgan fingerprint density at radius 1 is 0.712 bits per heavy atom. The number of nitrogens with one attached hydrogen (secondary N) is 1. The number of hydrogen-bond acceptors (Lipinski definition) is 12. The Kier molecular flexibility index (Phi) is 12.2. The van der Waals surface area contributed by atoms with E-state index >= 15 is 0 Å². The van der Waals surface area contributed by atoms with Crippen LogP contribution >= 0.6 is 0 Å². The van der Waals surface area contributed by atoms with Gasteiger partial charge in [0, 0.05) is 38.4 Å². The molecule has 1 N–H and O–H groups in total. The summed E-state index contributed by atoms with van der Waals surface area (Å²) in [4.78, 5) is 39.5. The number of amides is 1. The number of ether oxygens (including phenoxy) is 6. The van der Waals surface area contributed by atoms with Crippen molar-refractivity contribution in [1.29, 1.82) is 0 Å². The van der Waals surface area contributed by atoms with Crippen LogP contribution in [0.1, 0.15) is 78.7 Å². The van der Waals surface area contributed by atoms with Crippen molar-refractivity contribution in [2.45, 2.75) is 76.5 Å². The molecule has 0 radical (unpaired) electrons. The van der Waals surface area contributed by atoms with Crippen LogP contribution in [0, 0.1) is 11.8 Å². The zero-order valence-electron chi connectivity index (χ0n) is 33.5. The summed E-state index contributed by atoms with van der Waals surface area (Å²) in [6.07, 6.45) is 6.74. The van der Waals surface area contributed by atoms with E-state index < -0.39 is 0 Å². The number of aromatic nitrogens is 2. The van der Waals surface area contributed by atoms with E-state index in [2.05, 4.69) is 73.6 Å². The molecule has 1 amide bonds. The van der Waals surface area contributed by atoms with Gasteiger partial charge in [0.25, 0.3) is 11.8 Å². The van der Waals surface area contributed by atoms with Gasteiger partial charge in [-0.25, -0.2) is 9.97 Å². The molecule has 0 bridgehead atoms. The number of carbonyl (C=O) groups is 2. The maximum absolute atomic E-state index is 13.1. The molecule has 0 spiro atoms. The average Bonchev–Trinajstić information content (AvgIpc) is 3.82. The molecule has 0 unspecified atom stereocenters. The van der Waals surface area contributed by atoms with Crippen LogP contribution < -0.4 is 24.3 Å². The first-order valence-electron chi connectivity index (χ1n) is 21.2. The Morgan fingerprint density at radius 3 is 1.95 bits per heavy atom. The molecular weight excluding hydrogens is 751 g/mol. The van der Waals surface area contributed by atoms with Crippen molar-refractivity contribution in [2.24, 2.45) is 11.8 Å². The molecule has 59 heavy (non-hydrogen) atoms. The first-order valence-corrected chi connectivity index (χ1v) is 21.2. The van der Waals surface area contributed by atoms with Crippen molar-refractivity contribution in [2.75, 3.05) is 52.5 Å². The molecule has 4 aromatic rings. The minimum Gasteiger partial charge on any atom is -0.484 e. The van der Waals surface area contributed by atoms with Crippen LogP contribution in [0.25, 0.3) is 0 Å². The van der Waals surface area contributed by atoms with Gasteiger partial charge in [-0.05, 0) is 111 Å². The smallest absolute Gasteiger partial charge is 0.309 e. The summed E-state index contributed by atoms with van der Waals surface area (Å²) >= 11 is 0. The Hall–Kier alpha value is -5.24. The van der Waals surface area contributed by atoms with Gasteiger partial charge in [0.15, 0.2) is 23.7 Å². The molecule has 5 aliphatic heterocycles. The predicted molar refractivity (Wildman–Crippen MR) is 217 cm³/mol. The zero-order chi connectivity index (χ0) is 40.0. The normalized spacial score (nSPS) is 22.5. The summed E-state index contributed by atoms with van der Waals surface area (Å²) in [7, 11) is 0. The first kappa shape index (κ1) is 39.2. The lowest BCUT2D eigenvalue weighted by Gasteiger charge is -2.31. The fraction of sp³-hybridized carbons (Fsp3) is 0.478. The van der Waals surface area contributed by atoms with Crippen LogP contribution in [0.2, 0.25) is 0 Å². The van der Waals surface area contributed by atoms with Crippen LogP contribution in [-0.4, -0.2) is 90.3 Å². The average molecular weight is 804 g/mol. The standard InChI is InChI=1S/C46H53N5O8/c52-43(48-25-38-3-2-24-54-38)35-15-20-50(21-16-35)26-31-7-11-34(12-8-31)42-30-56-40-14-13-37(49-45(40)59-42)28-57-46(53)36-17-22-51(23-18-36)27-32-5-9-33(10-6-32)41-29-55-39-4-1-19-47-44(39)58-41/h1,4-14,19,35-36,38,41-42H,2-3,15-18,20-30H2,(H,48,52)/t38-,41+,42+/m0/s1. The molecule has 0 saturated carbocycles. The molecule has 0 aliphatic carbocycles. The van der Waals surface area contributed by atoms with Crippen molar-refractivity contribution >= 4 is 11.9 Å². The highest BCUT2D eigenvalue weighted by atomic mass is 16.6. The maximum atomic E-state index is 13.1. The van der Waals surface area contributed by atoms with E-state index in [0.717, 1.165) is 95.5 Å². The van der Waals surface area contributed by atoms with Crippen LogP contribution in [0.3, 0.4) is 0 Å². The highest BCUT2D eigenvalue weighted by Gasteiger charge is 2.30. The number of nitrogens with zero attached hydrogens (tertiary/aromatic N) is 4. The third-order valence-electron chi connectivity index (χ3n) is 12.2. The Morgan fingerprint density at radius 2 is 1.32 bits per heavy atom. The van der Waals surface area contributed by atoms with Crippen molar-refractivity contribution in [3.05, 3.63) is 107 Å². The van der Waals surface area contributed by atoms with Crippen molar-refractivity contribution in [3.8, 4) is 23.3 Å². The third-order valence-corrected chi connectivity index (χ3v) is 12.2. The van der Waals surface area contributed by atoms with E-state index in [9.17, 15) is 9.59 Å². The van der Waals surface area contributed by atoms with Crippen molar-refractivity contribution in [3.63, 3.8) is 0 Å². The summed E-state index contributed by atoms with van der Waals surface area (Å²) in [5.74, 6) is 2.10. The second kappa shape index (κ2) is 18.4. The van der Waals surface area contributed by atoms with E-state index in [1.54, 1.807) is 6.20 Å². The zero-order valence-corrected chi connectivity index (χ0v) is 33.5. The fourth-order valence-electron chi connectivity index (χ4n) is 8.61. The lowest BCUT2D eigenvalue weighted by atomic mass is 9.95. The van der Waals surface area contributed by atoms with Gasteiger partial charge in [0.2, 0.25) is 5.91 Å². The van der Waals surface area contributed by atoms with Crippen LogP contribution in [-0.2, 0) is 38.8 Å². The number of likely N-dealkylation sites (tertiary alicyclic amines) is 2. The largest absolute Gasteiger partial charge is 0.484 e. The van der Waals surface area contributed by atoms with Gasteiger partial charge >= 0.3 is 5.97 Å². The summed E-state index contributed by atoms with van der Waals surface area (Å²) in [6, 6.07) is 24.3. The molecule has 3 fully saturated rings. The monoisotopic (exact) mass is 803 g/mol. The quantitative estimate of drug-likeness (QED) is 0.169. The van der Waals surface area contributed by atoms with Gasteiger partial charge in [-0.3, -0.25) is 19.4 Å². The van der Waals surface area contributed by atoms with E-state index in [0.29, 0.717) is 48.7 Å². The molecule has 3 atom stereocenters. The van der Waals surface area contributed by atoms with Crippen LogP contribution in [0.5, 0.6) is 23.3 Å². The Bertz CT molecular complexity index is 2040. The van der Waals surface area contributed by atoms with Crippen molar-refractivity contribution in [1.82, 2.24) is 25.1 Å². The predicted octanol–water partition coefficient (Wildman–Crippen LogP) is 5.96. The minimum atomic E-state index is -0.301. The summed E-state index contributed by atoms with van der Waals surface area (Å²) < 4.78 is 35.7. The molecule has 310 valence electrons. The number of piperidine rings is 2. The SMILES string of the molecule is O=C(NC[C@@H]1CCCO1)C1CCN(Cc2ccc([C@H]3COc4ccc(COC(=O)C5CCN(Cc6ccc([C@H]7COc8cccnc8O7)cc6)CC5)nc4O3)cc2)CC1. The highest BCUT2D eigenvalue weighted by molar-refractivity contribution is 5.78. The van der Waals surface area contributed by atoms with Crippen LogP contribution in [0.4, 0.5) is 0 Å². The number of fused-ring (bicyclic) bond motifs is 2. The number of rotatable bonds is 12. The summed E-state index contributed by atoms with van der Waals surface area (Å²) in [5.41, 5.74) is 5.11. The molecule has 2 aromatic heterocycles. The lowest BCUT2D eigenvalue weighted by Crippen LogP contribution is -2.42. The Balaban J connectivity index is 0.690. The van der Waals surface area contributed by atoms with E-state index in [1.807, 2.05) is 24.3 Å². The van der Waals surface area contributed by atoms with Gasteiger partial charge < -0.3 is 33.7 Å². The topological polar surface area (TPSA) is 134 Å². The van der Waals surface area contributed by atoms with Gasteiger partial charge in [0.05, 0.1) is 17.7 Å². The minimum absolute atomic E-state index is 0.0748. The Labute approximate surface area is 345 Å². The molecule has 2 aromatic carbocycles. The number of pyridine rings is 2. The second-order valence-electron chi connectivity index (χ2n) is 16.3. The van der Waals surface area contributed by atoms with Crippen LogP contribution in [0.15, 0.2) is 79.0 Å². The number of benzene rings is 2. The number of esters is 1. The molecule has 5 aliphatic rings. The molecule has 3 saturated heterocycles. The number of carbonyl (C=O) groups excluding carboxylic acids is 2. The number of hydrogen-bond donors (Lipinski definition) is 1. The third kappa shape index (κ3) is 9.80. The van der Waals surface area contributed by atoms with E-state index in [-0.39, 0.29) is 48.6 Å². The lowest BCUT2D eigenvalue weighted by molar-refractivity contribution is -0.151. The van der Waals surface area contributed by atoms with E-state index in [4.69, 9.17) is 28.4 Å². The molecule has 7 heterocycles. The molecular formula is C46H53N5O8. The van der Waals surface area contributed by atoms with E-state index in [1.165, 1.54) is 11.1 Å². The fourth-order valence-corrected chi connectivity index (χ4v) is 8.61. The second-order valence-corrected chi connectivity index (χ2v) is 16.3. The summed E-state index contributed by atoms with van der Waals surface area (Å²) in [6.45, 7) is 7.45. The van der Waals surface area contributed by atoms with Gasteiger partial charge in [-0.15, -0.1) is 0 Å². The summed E-state index contributed by atoms with van der Waals surface area (Å²) in [5, 5.41) is 3.11. The van der Waals surface area contributed by atoms with Gasteiger partial charge in [0.1, 0.15) is 19.8 Å². The molecule has 13 heteroatoms. The highest BCUT2D eigenvalue weighted by Crippen LogP contribution is 2.36. The van der Waals surface area contributed by atoms with Gasteiger partial charge in [-0.1, -0.05) is 48.5 Å². The van der Waals surface area contributed by atoms with Crippen molar-refractivity contribution < 1.29 is 38.0 Å². The first-order chi connectivity index (χ1) is 29.0. The van der Waals surface area contributed by atoms with Gasteiger partial charge in [-0.2, -0.15) is 0 Å². The maximum Gasteiger partial charge on any atom is 0.309 e.